The minimum absolute atomic E-state index is 0.286. The Kier molecular flexibility index (Phi) is 3.78. The van der Waals surface area contributed by atoms with Crippen LogP contribution in [0, 0.1) is 0 Å². The molecule has 1 heterocycles. The third-order valence-corrected chi connectivity index (χ3v) is 3.25. The van der Waals surface area contributed by atoms with Gasteiger partial charge in [-0.1, -0.05) is 48.6 Å². The van der Waals surface area contributed by atoms with Crippen molar-refractivity contribution in [3.8, 4) is 11.3 Å². The molecule has 0 aliphatic heterocycles. The number of rotatable bonds is 4. The first-order valence-electron chi connectivity index (χ1n) is 6.70. The molecule has 0 spiro atoms. The maximum Gasteiger partial charge on any atom is 0.335 e. The van der Waals surface area contributed by atoms with Crippen LogP contribution in [0.4, 0.5) is 0 Å². The van der Waals surface area contributed by atoms with Gasteiger partial charge in [0.25, 0.3) is 0 Å². The second kappa shape index (κ2) is 6.05. The summed E-state index contributed by atoms with van der Waals surface area (Å²) >= 11 is 0. The van der Waals surface area contributed by atoms with Gasteiger partial charge in [0, 0.05) is 5.56 Å². The Balaban J connectivity index is 1.73. The van der Waals surface area contributed by atoms with Crippen LogP contribution in [0.25, 0.3) is 23.4 Å². The Hall–Kier alpha value is -3.21. The maximum atomic E-state index is 10.8. The van der Waals surface area contributed by atoms with Crippen molar-refractivity contribution in [2.45, 2.75) is 0 Å². The summed E-state index contributed by atoms with van der Waals surface area (Å²) in [6.45, 7) is 0. The Labute approximate surface area is 126 Å². The molecule has 0 fully saturated rings. The Morgan fingerprint density at radius 3 is 2.05 bits per heavy atom. The van der Waals surface area contributed by atoms with Gasteiger partial charge < -0.3 is 5.11 Å². The summed E-state index contributed by atoms with van der Waals surface area (Å²) in [5, 5.41) is 19.3. The summed E-state index contributed by atoms with van der Waals surface area (Å²) in [6, 6.07) is 14.7. The fraction of sp³-hybridized carbons (Fsp3) is 0. The van der Waals surface area contributed by atoms with E-state index in [1.807, 2.05) is 36.4 Å². The molecule has 1 aromatic heterocycles. The molecule has 5 heteroatoms. The predicted octanol–water partition coefficient (Wildman–Crippen LogP) is 3.34. The number of nitrogens with one attached hydrogen (secondary N) is 1. The van der Waals surface area contributed by atoms with Crippen molar-refractivity contribution in [3.05, 3.63) is 71.4 Å². The SMILES string of the molecule is O=C(O)c1ccc(/C=C/c2ccc(-c3cn[nH]n3)cc2)cc1. The van der Waals surface area contributed by atoms with Gasteiger partial charge in [0.1, 0.15) is 5.69 Å². The minimum Gasteiger partial charge on any atom is -0.478 e. The predicted molar refractivity (Wildman–Crippen MR) is 84.1 cm³/mol. The van der Waals surface area contributed by atoms with Gasteiger partial charge >= 0.3 is 5.97 Å². The third kappa shape index (κ3) is 3.09. The Morgan fingerprint density at radius 2 is 1.55 bits per heavy atom. The first kappa shape index (κ1) is 13.8. The average Bonchev–Trinajstić information content (AvgIpc) is 3.08. The summed E-state index contributed by atoms with van der Waals surface area (Å²) in [6.07, 6.45) is 5.59. The zero-order chi connectivity index (χ0) is 15.4. The summed E-state index contributed by atoms with van der Waals surface area (Å²) in [5.74, 6) is -0.918. The molecule has 0 unspecified atom stereocenters. The number of carboxylic acid groups (broad SMARTS) is 1. The second-order valence-corrected chi connectivity index (χ2v) is 4.74. The van der Waals surface area contributed by atoms with Crippen LogP contribution in [0.15, 0.2) is 54.7 Å². The first-order valence-corrected chi connectivity index (χ1v) is 6.70. The second-order valence-electron chi connectivity index (χ2n) is 4.74. The number of benzene rings is 2. The lowest BCUT2D eigenvalue weighted by molar-refractivity contribution is 0.0697. The van der Waals surface area contributed by atoms with Crippen LogP contribution in [0.2, 0.25) is 0 Å². The van der Waals surface area contributed by atoms with Crippen LogP contribution in [0.1, 0.15) is 21.5 Å². The summed E-state index contributed by atoms with van der Waals surface area (Å²) in [4.78, 5) is 10.8. The fourth-order valence-electron chi connectivity index (χ4n) is 2.03. The smallest absolute Gasteiger partial charge is 0.335 e. The molecule has 0 radical (unpaired) electrons. The number of hydrogen-bond acceptors (Lipinski definition) is 3. The van der Waals surface area contributed by atoms with E-state index in [0.29, 0.717) is 0 Å². The summed E-state index contributed by atoms with van der Waals surface area (Å²) in [5.41, 5.74) is 4.09. The molecule has 3 rings (SSSR count). The van der Waals surface area contributed by atoms with E-state index >= 15 is 0 Å². The largest absolute Gasteiger partial charge is 0.478 e. The Bertz CT molecular complexity index is 789. The van der Waals surface area contributed by atoms with Gasteiger partial charge in [-0.25, -0.2) is 4.79 Å². The van der Waals surface area contributed by atoms with Crippen LogP contribution in [0.5, 0.6) is 0 Å². The molecule has 0 bridgehead atoms. The average molecular weight is 291 g/mol. The van der Waals surface area contributed by atoms with Gasteiger partial charge in [-0.3, -0.25) is 0 Å². The third-order valence-electron chi connectivity index (χ3n) is 3.25. The van der Waals surface area contributed by atoms with E-state index in [2.05, 4.69) is 15.4 Å². The van der Waals surface area contributed by atoms with E-state index in [1.165, 1.54) is 0 Å². The van der Waals surface area contributed by atoms with Crippen LogP contribution in [0.3, 0.4) is 0 Å². The van der Waals surface area contributed by atoms with Gasteiger partial charge in [0.2, 0.25) is 0 Å². The quantitative estimate of drug-likeness (QED) is 0.723. The van der Waals surface area contributed by atoms with E-state index in [1.54, 1.807) is 30.5 Å². The molecule has 0 saturated heterocycles. The lowest BCUT2D eigenvalue weighted by Crippen LogP contribution is -1.94. The maximum absolute atomic E-state index is 10.8. The van der Waals surface area contributed by atoms with E-state index in [4.69, 9.17) is 5.11 Å². The molecular formula is C17H13N3O2. The number of aromatic nitrogens is 3. The molecule has 2 aromatic carbocycles. The van der Waals surface area contributed by atoms with Gasteiger partial charge in [-0.2, -0.15) is 15.4 Å². The number of carbonyl (C=O) groups is 1. The molecule has 22 heavy (non-hydrogen) atoms. The molecule has 3 aromatic rings. The van der Waals surface area contributed by atoms with Gasteiger partial charge in [-0.05, 0) is 23.3 Å². The highest BCUT2D eigenvalue weighted by molar-refractivity contribution is 5.88. The van der Waals surface area contributed by atoms with Crippen LogP contribution in [-0.2, 0) is 0 Å². The van der Waals surface area contributed by atoms with Crippen LogP contribution < -0.4 is 0 Å². The first-order chi connectivity index (χ1) is 10.7. The molecule has 0 saturated carbocycles. The number of aromatic carboxylic acids is 1. The molecule has 0 aliphatic rings. The van der Waals surface area contributed by atoms with Crippen molar-refractivity contribution in [1.82, 2.24) is 15.4 Å². The number of aromatic amines is 1. The van der Waals surface area contributed by atoms with Crippen molar-refractivity contribution in [2.24, 2.45) is 0 Å². The fourth-order valence-corrected chi connectivity index (χ4v) is 2.03. The normalized spacial score (nSPS) is 10.9. The van der Waals surface area contributed by atoms with E-state index in [0.717, 1.165) is 22.4 Å². The highest BCUT2D eigenvalue weighted by Crippen LogP contribution is 2.17. The lowest BCUT2D eigenvalue weighted by atomic mass is 10.1. The van der Waals surface area contributed by atoms with Crippen LogP contribution in [-0.4, -0.2) is 26.5 Å². The van der Waals surface area contributed by atoms with Crippen molar-refractivity contribution in [2.75, 3.05) is 0 Å². The van der Waals surface area contributed by atoms with Crippen molar-refractivity contribution in [3.63, 3.8) is 0 Å². The number of carboxylic acids is 1. The van der Waals surface area contributed by atoms with Crippen molar-refractivity contribution in [1.29, 1.82) is 0 Å². The van der Waals surface area contributed by atoms with Crippen molar-refractivity contribution < 1.29 is 9.90 Å². The monoisotopic (exact) mass is 291 g/mol. The molecular weight excluding hydrogens is 278 g/mol. The minimum atomic E-state index is -0.918. The topological polar surface area (TPSA) is 78.9 Å². The van der Waals surface area contributed by atoms with E-state index in [9.17, 15) is 4.79 Å². The molecule has 2 N–H and O–H groups in total. The molecule has 108 valence electrons. The highest BCUT2D eigenvalue weighted by Gasteiger charge is 2.01. The van der Waals surface area contributed by atoms with Crippen molar-refractivity contribution >= 4 is 18.1 Å². The molecule has 0 atom stereocenters. The number of nitrogens with zero attached hydrogens (tertiary/aromatic N) is 2. The van der Waals surface area contributed by atoms with Gasteiger partial charge in [0.05, 0.1) is 11.8 Å². The van der Waals surface area contributed by atoms with Gasteiger partial charge in [0.15, 0.2) is 0 Å². The number of hydrogen-bond donors (Lipinski definition) is 2. The van der Waals surface area contributed by atoms with Crippen LogP contribution >= 0.6 is 0 Å². The summed E-state index contributed by atoms with van der Waals surface area (Å²) < 4.78 is 0. The number of H-pyrrole nitrogens is 1. The molecule has 0 amide bonds. The lowest BCUT2D eigenvalue weighted by Gasteiger charge is -1.98. The van der Waals surface area contributed by atoms with E-state index in [-0.39, 0.29) is 5.56 Å². The Morgan fingerprint density at radius 1 is 0.955 bits per heavy atom. The highest BCUT2D eigenvalue weighted by atomic mass is 16.4. The van der Waals surface area contributed by atoms with Gasteiger partial charge in [-0.15, -0.1) is 0 Å². The molecule has 0 aliphatic carbocycles. The van der Waals surface area contributed by atoms with E-state index < -0.39 is 5.97 Å². The zero-order valence-electron chi connectivity index (χ0n) is 11.6. The zero-order valence-corrected chi connectivity index (χ0v) is 11.6. The summed E-state index contributed by atoms with van der Waals surface area (Å²) in [7, 11) is 0. The molecule has 5 nitrogen and oxygen atoms in total. The standard InChI is InChI=1S/C17H13N3O2/c21-17(22)15-9-5-13(6-10-15)2-1-12-3-7-14(8-4-12)16-11-18-20-19-16/h1-11H,(H,21,22)(H,18,19,20)/b2-1+.